The van der Waals surface area contributed by atoms with E-state index in [-0.39, 0.29) is 18.7 Å². The Balaban J connectivity index is 1.40. The number of urea groups is 1. The van der Waals surface area contributed by atoms with Crippen molar-refractivity contribution in [3.63, 3.8) is 0 Å². The molecule has 1 fully saturated rings. The molecule has 3 aromatic rings. The number of imide groups is 3. The summed E-state index contributed by atoms with van der Waals surface area (Å²) in [4.78, 5) is 65.9. The van der Waals surface area contributed by atoms with Gasteiger partial charge in [-0.2, -0.15) is 0 Å². The number of hydrogen-bond donors (Lipinski definition) is 1. The Hall–Kier alpha value is -5.05. The molecular weight excluding hydrogens is 486 g/mol. The Morgan fingerprint density at radius 1 is 0.789 bits per heavy atom. The van der Waals surface area contributed by atoms with Gasteiger partial charge in [0.05, 0.1) is 24.8 Å². The van der Waals surface area contributed by atoms with E-state index in [1.54, 1.807) is 42.5 Å². The summed E-state index contributed by atoms with van der Waals surface area (Å²) in [5, 5.41) is 2.22. The molecule has 0 atom stereocenters. The number of amides is 6. The Bertz CT molecular complexity index is 1480. The van der Waals surface area contributed by atoms with Gasteiger partial charge in [0.25, 0.3) is 23.6 Å². The zero-order valence-corrected chi connectivity index (χ0v) is 20.5. The van der Waals surface area contributed by atoms with Gasteiger partial charge >= 0.3 is 6.03 Å². The van der Waals surface area contributed by atoms with Crippen LogP contribution in [0.1, 0.15) is 37.4 Å². The van der Waals surface area contributed by atoms with Crippen LogP contribution in [0.25, 0.3) is 6.08 Å². The SMILES string of the molecule is COc1ccc(/C=C2/C(=O)NC(=O)N(CCc3ccccc3)C2=O)cc1CN1C(=O)c2ccccc2C1=O. The van der Waals surface area contributed by atoms with Gasteiger partial charge in [0.2, 0.25) is 0 Å². The first kappa shape index (κ1) is 24.6. The Morgan fingerprint density at radius 2 is 1.45 bits per heavy atom. The van der Waals surface area contributed by atoms with Crippen molar-refractivity contribution in [2.45, 2.75) is 13.0 Å². The highest BCUT2D eigenvalue weighted by atomic mass is 16.5. The van der Waals surface area contributed by atoms with Crippen molar-refractivity contribution in [3.05, 3.63) is 106 Å². The van der Waals surface area contributed by atoms with Gasteiger partial charge in [-0.3, -0.25) is 34.3 Å². The highest BCUT2D eigenvalue weighted by Gasteiger charge is 2.37. The molecule has 2 aliphatic rings. The minimum Gasteiger partial charge on any atom is -0.496 e. The average Bonchev–Trinajstić information content (AvgIpc) is 3.16. The summed E-state index contributed by atoms with van der Waals surface area (Å²) >= 11 is 0. The van der Waals surface area contributed by atoms with E-state index < -0.39 is 29.7 Å². The first-order valence-electron chi connectivity index (χ1n) is 11.9. The smallest absolute Gasteiger partial charge is 0.331 e. The highest BCUT2D eigenvalue weighted by Crippen LogP contribution is 2.29. The third-order valence-corrected chi connectivity index (χ3v) is 6.47. The molecule has 0 spiro atoms. The van der Waals surface area contributed by atoms with Gasteiger partial charge in [0.1, 0.15) is 11.3 Å². The number of nitrogens with one attached hydrogen (secondary N) is 1. The Morgan fingerprint density at radius 3 is 2.11 bits per heavy atom. The number of fused-ring (bicyclic) bond motifs is 1. The molecule has 0 radical (unpaired) electrons. The predicted octanol–water partition coefficient (Wildman–Crippen LogP) is 3.20. The van der Waals surface area contributed by atoms with Crippen LogP contribution < -0.4 is 10.1 Å². The third kappa shape index (κ3) is 4.57. The summed E-state index contributed by atoms with van der Waals surface area (Å²) in [5.41, 5.74) is 2.39. The van der Waals surface area contributed by atoms with Crippen LogP contribution in [0.15, 0.2) is 78.4 Å². The standard InChI is InChI=1S/C29H23N3O6/c1-38-24-12-11-19(15-20(24)17-32-26(34)21-9-5-6-10-22(21)27(32)35)16-23-25(33)30-29(37)31(28(23)36)14-13-18-7-3-2-4-8-18/h2-12,15-16H,13-14,17H2,1H3,(H,30,33,37)/b23-16-. The molecule has 1 saturated heterocycles. The minimum atomic E-state index is -0.798. The monoisotopic (exact) mass is 509 g/mol. The van der Waals surface area contributed by atoms with E-state index >= 15 is 0 Å². The number of rotatable bonds is 7. The van der Waals surface area contributed by atoms with Crippen molar-refractivity contribution in [3.8, 4) is 5.75 Å². The second kappa shape index (κ2) is 10.1. The summed E-state index contributed by atoms with van der Waals surface area (Å²) in [6, 6.07) is 20.1. The maximum absolute atomic E-state index is 13.1. The lowest BCUT2D eigenvalue weighted by Crippen LogP contribution is -2.54. The van der Waals surface area contributed by atoms with Crippen LogP contribution in [0, 0.1) is 0 Å². The van der Waals surface area contributed by atoms with Crippen molar-refractivity contribution < 1.29 is 28.7 Å². The quantitative estimate of drug-likeness (QED) is 0.297. The Labute approximate surface area is 218 Å². The fraction of sp³-hybridized carbons (Fsp3) is 0.138. The number of carbonyl (C=O) groups is 5. The van der Waals surface area contributed by atoms with E-state index in [2.05, 4.69) is 5.32 Å². The summed E-state index contributed by atoms with van der Waals surface area (Å²) < 4.78 is 5.43. The number of barbiturate groups is 1. The van der Waals surface area contributed by atoms with Crippen LogP contribution in [-0.4, -0.2) is 53.1 Å². The third-order valence-electron chi connectivity index (χ3n) is 6.47. The number of hydrogen-bond acceptors (Lipinski definition) is 6. The summed E-state index contributed by atoms with van der Waals surface area (Å²) in [6.45, 7) is 0.0429. The molecule has 0 bridgehead atoms. The zero-order valence-electron chi connectivity index (χ0n) is 20.5. The van der Waals surface area contributed by atoms with Gasteiger partial charge in [-0.15, -0.1) is 0 Å². The van der Waals surface area contributed by atoms with Crippen LogP contribution >= 0.6 is 0 Å². The predicted molar refractivity (Wildman–Crippen MR) is 137 cm³/mol. The molecule has 2 heterocycles. The maximum atomic E-state index is 13.1. The summed E-state index contributed by atoms with van der Waals surface area (Å²) in [5.74, 6) is -1.89. The lowest BCUT2D eigenvalue weighted by atomic mass is 10.0. The molecule has 9 heteroatoms. The lowest BCUT2D eigenvalue weighted by molar-refractivity contribution is -0.130. The molecule has 2 aliphatic heterocycles. The van der Waals surface area contributed by atoms with Gasteiger partial charge in [-0.25, -0.2) is 4.79 Å². The van der Waals surface area contributed by atoms with Crippen LogP contribution in [0.5, 0.6) is 5.75 Å². The molecule has 0 aliphatic carbocycles. The fourth-order valence-electron chi connectivity index (χ4n) is 4.51. The van der Waals surface area contributed by atoms with E-state index in [0.717, 1.165) is 15.4 Å². The largest absolute Gasteiger partial charge is 0.496 e. The summed E-state index contributed by atoms with van der Waals surface area (Å²) in [6.07, 6.45) is 1.82. The van der Waals surface area contributed by atoms with Crippen molar-refractivity contribution in [1.29, 1.82) is 0 Å². The number of carbonyl (C=O) groups excluding carboxylic acids is 5. The molecule has 3 aromatic carbocycles. The van der Waals surface area contributed by atoms with E-state index in [9.17, 15) is 24.0 Å². The number of nitrogens with zero attached hydrogens (tertiary/aromatic N) is 2. The molecule has 0 saturated carbocycles. The second-order valence-corrected chi connectivity index (χ2v) is 8.82. The van der Waals surface area contributed by atoms with Crippen LogP contribution in [-0.2, 0) is 22.6 Å². The second-order valence-electron chi connectivity index (χ2n) is 8.82. The minimum absolute atomic E-state index is 0.0611. The van der Waals surface area contributed by atoms with E-state index in [4.69, 9.17) is 4.74 Å². The van der Waals surface area contributed by atoms with Crippen LogP contribution in [0.4, 0.5) is 4.79 Å². The van der Waals surface area contributed by atoms with Gasteiger partial charge < -0.3 is 4.74 Å². The van der Waals surface area contributed by atoms with Crippen LogP contribution in [0.2, 0.25) is 0 Å². The van der Waals surface area contributed by atoms with Crippen molar-refractivity contribution in [2.75, 3.05) is 13.7 Å². The molecular formula is C29H23N3O6. The fourth-order valence-corrected chi connectivity index (χ4v) is 4.51. The lowest BCUT2D eigenvalue weighted by Gasteiger charge is -2.26. The molecule has 190 valence electrons. The van der Waals surface area contributed by atoms with E-state index in [0.29, 0.717) is 34.4 Å². The zero-order chi connectivity index (χ0) is 26.8. The van der Waals surface area contributed by atoms with E-state index in [1.165, 1.54) is 13.2 Å². The molecule has 9 nitrogen and oxygen atoms in total. The molecule has 1 N–H and O–H groups in total. The average molecular weight is 510 g/mol. The Kier molecular flexibility index (Phi) is 6.57. The summed E-state index contributed by atoms with van der Waals surface area (Å²) in [7, 11) is 1.47. The first-order valence-corrected chi connectivity index (χ1v) is 11.9. The van der Waals surface area contributed by atoms with Gasteiger partial charge in [-0.1, -0.05) is 48.5 Å². The topological polar surface area (TPSA) is 113 Å². The first-order chi connectivity index (χ1) is 18.4. The van der Waals surface area contributed by atoms with Crippen molar-refractivity contribution >= 4 is 35.7 Å². The highest BCUT2D eigenvalue weighted by molar-refractivity contribution is 6.31. The molecule has 0 aromatic heterocycles. The number of methoxy groups -OCH3 is 1. The molecule has 6 amide bonds. The van der Waals surface area contributed by atoms with Gasteiger partial charge in [-0.05, 0) is 47.9 Å². The van der Waals surface area contributed by atoms with E-state index in [1.807, 2.05) is 30.3 Å². The van der Waals surface area contributed by atoms with Crippen molar-refractivity contribution in [1.82, 2.24) is 15.1 Å². The number of ether oxygens (including phenoxy) is 1. The molecule has 38 heavy (non-hydrogen) atoms. The maximum Gasteiger partial charge on any atom is 0.331 e. The van der Waals surface area contributed by atoms with Crippen LogP contribution in [0.3, 0.4) is 0 Å². The van der Waals surface area contributed by atoms with Gasteiger partial charge in [0, 0.05) is 12.1 Å². The normalized spacial score (nSPS) is 16.2. The molecule has 5 rings (SSSR count). The van der Waals surface area contributed by atoms with Crippen molar-refractivity contribution in [2.24, 2.45) is 0 Å². The number of benzene rings is 3. The van der Waals surface area contributed by atoms with Gasteiger partial charge in [0.15, 0.2) is 0 Å². The molecule has 0 unspecified atom stereocenters.